The molecular weight excluding hydrogens is 575 g/mol. The van der Waals surface area contributed by atoms with Crippen molar-refractivity contribution >= 4 is 18.2 Å². The number of unbranched alkanes of at least 4 members (excludes halogenated alkanes) is 7. The molecule has 0 amide bonds. The van der Waals surface area contributed by atoms with E-state index < -0.39 is 18.2 Å². The molecule has 0 spiro atoms. The molecule has 1 aromatic heterocycles. The fraction of sp³-hybridized carbons (Fsp3) is 0.630. The molecule has 8 nitrogen and oxygen atoms in total. The first kappa shape index (κ1) is 34.0. The lowest BCUT2D eigenvalue weighted by Crippen LogP contribution is -3.00. The molecule has 0 saturated heterocycles. The topological polar surface area (TPSA) is 109 Å². The lowest BCUT2D eigenvalue weighted by atomic mass is 10.0. The van der Waals surface area contributed by atoms with Crippen LogP contribution in [0.4, 0.5) is 0 Å². The summed E-state index contributed by atoms with van der Waals surface area (Å²) in [5.74, 6) is -0.588. The molecule has 0 radical (unpaired) electrons. The molecule has 0 fully saturated rings. The SMILES string of the molecule is CCCCCC(OC(=O)C[n+]1ccccc1/C=N/O)C(O)C/C=C/CCCCCCCC(=O)OC.[I-]. The summed E-state index contributed by atoms with van der Waals surface area (Å²) in [5, 5.41) is 22.5. The number of esters is 2. The number of allylic oxidation sites excluding steroid dienone is 1. The molecule has 1 heterocycles. The molecule has 0 bridgehead atoms. The Morgan fingerprint density at radius 3 is 2.53 bits per heavy atom. The minimum Gasteiger partial charge on any atom is -1.00 e. The van der Waals surface area contributed by atoms with Gasteiger partial charge in [0.05, 0.1) is 13.2 Å². The van der Waals surface area contributed by atoms with E-state index in [-0.39, 0.29) is 36.5 Å². The fourth-order valence-electron chi connectivity index (χ4n) is 3.75. The Kier molecular flexibility index (Phi) is 21.0. The number of hydrogen-bond acceptors (Lipinski definition) is 7. The van der Waals surface area contributed by atoms with Gasteiger partial charge in [0.1, 0.15) is 12.3 Å². The Bertz CT molecular complexity index is 787. The molecule has 0 saturated carbocycles. The summed E-state index contributed by atoms with van der Waals surface area (Å²) < 4.78 is 11.9. The van der Waals surface area contributed by atoms with E-state index in [0.29, 0.717) is 25.0 Å². The predicted octanol–water partition coefficient (Wildman–Crippen LogP) is 1.49. The van der Waals surface area contributed by atoms with Crippen LogP contribution in [0.3, 0.4) is 0 Å². The molecule has 2 atom stereocenters. The van der Waals surface area contributed by atoms with Gasteiger partial charge >= 0.3 is 11.9 Å². The van der Waals surface area contributed by atoms with Crippen molar-refractivity contribution in [1.29, 1.82) is 0 Å². The highest BCUT2D eigenvalue weighted by Crippen LogP contribution is 2.15. The van der Waals surface area contributed by atoms with Crippen LogP contribution in [-0.4, -0.2) is 47.8 Å². The number of halogens is 1. The average molecular weight is 619 g/mol. The number of rotatable bonds is 19. The number of hydrogen-bond donors (Lipinski definition) is 2. The van der Waals surface area contributed by atoms with Gasteiger partial charge in [0.15, 0.2) is 6.20 Å². The maximum Gasteiger partial charge on any atom is 0.373 e. The van der Waals surface area contributed by atoms with Gasteiger partial charge < -0.3 is 43.8 Å². The molecule has 204 valence electrons. The van der Waals surface area contributed by atoms with Crippen LogP contribution < -0.4 is 28.5 Å². The predicted molar refractivity (Wildman–Crippen MR) is 134 cm³/mol. The van der Waals surface area contributed by atoms with E-state index in [4.69, 9.17) is 9.94 Å². The summed E-state index contributed by atoms with van der Waals surface area (Å²) in [7, 11) is 1.41. The van der Waals surface area contributed by atoms with E-state index >= 15 is 0 Å². The molecule has 2 N–H and O–H groups in total. The van der Waals surface area contributed by atoms with Crippen molar-refractivity contribution in [2.45, 2.75) is 103 Å². The average Bonchev–Trinajstić information content (AvgIpc) is 2.85. The second kappa shape index (κ2) is 22.2. The number of ether oxygens (including phenoxy) is 2. The minimum atomic E-state index is -0.760. The quantitative estimate of drug-likeness (QED) is 0.0356. The second-order valence-corrected chi connectivity index (χ2v) is 8.68. The number of carbonyl (C=O) groups is 2. The molecular formula is C27H43IN2O6. The number of nitrogens with zero attached hydrogens (tertiary/aromatic N) is 2. The Labute approximate surface area is 232 Å². The molecule has 1 aromatic rings. The van der Waals surface area contributed by atoms with Crippen LogP contribution in [0.5, 0.6) is 0 Å². The van der Waals surface area contributed by atoms with Crippen LogP contribution in [-0.2, 0) is 25.6 Å². The number of methoxy groups -OCH3 is 1. The van der Waals surface area contributed by atoms with Crippen molar-refractivity contribution in [3.05, 3.63) is 42.2 Å². The third kappa shape index (κ3) is 15.9. The molecule has 0 aliphatic rings. The zero-order valence-electron chi connectivity index (χ0n) is 21.7. The number of carbonyl (C=O) groups excluding carboxylic acids is 2. The summed E-state index contributed by atoms with van der Waals surface area (Å²) >= 11 is 0. The van der Waals surface area contributed by atoms with Crippen molar-refractivity contribution < 1.29 is 57.9 Å². The van der Waals surface area contributed by atoms with Gasteiger partial charge in [-0.1, -0.05) is 56.3 Å². The summed E-state index contributed by atoms with van der Waals surface area (Å²) in [6, 6.07) is 5.30. The first-order valence-corrected chi connectivity index (χ1v) is 12.8. The lowest BCUT2D eigenvalue weighted by Gasteiger charge is -2.22. The summed E-state index contributed by atoms with van der Waals surface area (Å²) in [6.07, 6.45) is 16.2. The minimum absolute atomic E-state index is 0. The zero-order valence-corrected chi connectivity index (χ0v) is 23.8. The molecule has 0 aliphatic heterocycles. The van der Waals surface area contributed by atoms with Gasteiger partial charge in [-0.15, -0.1) is 0 Å². The van der Waals surface area contributed by atoms with Gasteiger partial charge in [0.2, 0.25) is 12.2 Å². The molecule has 2 unspecified atom stereocenters. The van der Waals surface area contributed by atoms with Crippen LogP contribution in [0, 0.1) is 0 Å². The number of aliphatic hydroxyl groups is 1. The van der Waals surface area contributed by atoms with Crippen molar-refractivity contribution in [3.63, 3.8) is 0 Å². The van der Waals surface area contributed by atoms with Gasteiger partial charge in [-0.25, -0.2) is 4.79 Å². The molecule has 36 heavy (non-hydrogen) atoms. The van der Waals surface area contributed by atoms with Gasteiger partial charge in [-0.05, 0) is 44.6 Å². The van der Waals surface area contributed by atoms with Crippen LogP contribution in [0.15, 0.2) is 41.7 Å². The lowest BCUT2D eigenvalue weighted by molar-refractivity contribution is -0.686. The smallest absolute Gasteiger partial charge is 0.373 e. The maximum absolute atomic E-state index is 12.6. The Morgan fingerprint density at radius 2 is 1.81 bits per heavy atom. The Morgan fingerprint density at radius 1 is 1.06 bits per heavy atom. The Balaban J connectivity index is 0.0000122. The van der Waals surface area contributed by atoms with E-state index in [2.05, 4.69) is 22.9 Å². The monoisotopic (exact) mass is 618 g/mol. The standard InChI is InChI=1S/C27H42N2O6.HI/c1-3-4-11-18-25(35-27(32)22-29-20-15-14-16-23(29)21-28-33)24(30)17-12-9-7-5-6-8-10-13-19-26(31)34-2;/h9,12,14-16,20-21,24-25,30H,3-8,10-11,13,17-19,22H2,1-2H3;1H/b12-9+;. The number of pyridine rings is 1. The Hall–Kier alpha value is -2.01. The summed E-state index contributed by atoms with van der Waals surface area (Å²) in [6.45, 7) is 2.07. The van der Waals surface area contributed by atoms with Gasteiger partial charge in [0, 0.05) is 18.6 Å². The largest absolute Gasteiger partial charge is 1.00 e. The van der Waals surface area contributed by atoms with E-state index in [9.17, 15) is 14.7 Å². The van der Waals surface area contributed by atoms with E-state index in [0.717, 1.165) is 57.8 Å². The third-order valence-corrected chi connectivity index (χ3v) is 5.79. The number of aliphatic hydroxyl groups excluding tert-OH is 1. The highest BCUT2D eigenvalue weighted by molar-refractivity contribution is 5.75. The second-order valence-electron chi connectivity index (χ2n) is 8.68. The zero-order chi connectivity index (χ0) is 25.7. The van der Waals surface area contributed by atoms with E-state index in [1.807, 2.05) is 6.08 Å². The van der Waals surface area contributed by atoms with Crippen molar-refractivity contribution in [2.75, 3.05) is 7.11 Å². The first-order chi connectivity index (χ1) is 17.0. The van der Waals surface area contributed by atoms with Crippen LogP contribution in [0.1, 0.15) is 89.7 Å². The van der Waals surface area contributed by atoms with Gasteiger partial charge in [0.25, 0.3) is 0 Å². The van der Waals surface area contributed by atoms with Crippen molar-refractivity contribution in [2.24, 2.45) is 5.16 Å². The van der Waals surface area contributed by atoms with Crippen molar-refractivity contribution in [3.8, 4) is 0 Å². The van der Waals surface area contributed by atoms with E-state index in [1.165, 1.54) is 13.3 Å². The third-order valence-electron chi connectivity index (χ3n) is 5.79. The fourth-order valence-corrected chi connectivity index (χ4v) is 3.75. The molecule has 1 rings (SSSR count). The van der Waals surface area contributed by atoms with Crippen LogP contribution in [0.25, 0.3) is 0 Å². The molecule has 9 heteroatoms. The van der Waals surface area contributed by atoms with Crippen LogP contribution >= 0.6 is 0 Å². The summed E-state index contributed by atoms with van der Waals surface area (Å²) in [5.41, 5.74) is 0.571. The van der Waals surface area contributed by atoms with Crippen molar-refractivity contribution in [1.82, 2.24) is 0 Å². The van der Waals surface area contributed by atoms with Gasteiger partial charge in [-0.3, -0.25) is 4.79 Å². The van der Waals surface area contributed by atoms with E-state index in [1.54, 1.807) is 29.0 Å². The normalized spacial score (nSPS) is 12.9. The first-order valence-electron chi connectivity index (χ1n) is 12.8. The molecule has 0 aromatic carbocycles. The highest BCUT2D eigenvalue weighted by Gasteiger charge is 2.24. The number of aromatic nitrogens is 1. The number of oxime groups is 1. The van der Waals surface area contributed by atoms with Gasteiger partial charge in [-0.2, -0.15) is 4.57 Å². The summed E-state index contributed by atoms with van der Waals surface area (Å²) in [4.78, 5) is 23.7. The highest BCUT2D eigenvalue weighted by atomic mass is 127. The molecule has 0 aliphatic carbocycles. The maximum atomic E-state index is 12.6. The van der Waals surface area contributed by atoms with Crippen LogP contribution in [0.2, 0.25) is 0 Å².